The normalized spacial score (nSPS) is 17.4. The highest BCUT2D eigenvalue weighted by molar-refractivity contribution is 9.10. The molecule has 1 aromatic heterocycles. The van der Waals surface area contributed by atoms with Crippen molar-refractivity contribution in [3.05, 3.63) is 22.8 Å². The number of nitrogens with zero attached hydrogens (tertiary/aromatic N) is 1. The highest BCUT2D eigenvalue weighted by atomic mass is 79.9. The number of thioether (sulfide) groups is 1. The first-order chi connectivity index (χ1) is 7.79. The van der Waals surface area contributed by atoms with Crippen LogP contribution in [0.2, 0.25) is 0 Å². The van der Waals surface area contributed by atoms with Crippen molar-refractivity contribution in [2.24, 2.45) is 0 Å². The summed E-state index contributed by atoms with van der Waals surface area (Å²) in [6.45, 7) is 0.188. The fraction of sp³-hybridized carbons (Fsp3) is 0.545. The molecule has 88 valence electrons. The zero-order valence-electron chi connectivity index (χ0n) is 8.90. The summed E-state index contributed by atoms with van der Waals surface area (Å²) in [5.41, 5.74) is 0. The van der Waals surface area contributed by atoms with Crippen LogP contribution >= 0.6 is 27.7 Å². The molecule has 1 unspecified atom stereocenters. The molecule has 1 aliphatic carbocycles. The summed E-state index contributed by atoms with van der Waals surface area (Å²) in [6.07, 6.45) is 4.28. The molecule has 0 saturated heterocycles. The van der Waals surface area contributed by atoms with E-state index in [1.54, 1.807) is 18.0 Å². The smallest absolute Gasteiger partial charge is 0.110 e. The highest BCUT2D eigenvalue weighted by Gasteiger charge is 2.24. The Labute approximate surface area is 108 Å². The molecule has 2 rings (SSSR count). The van der Waals surface area contributed by atoms with E-state index < -0.39 is 0 Å². The lowest BCUT2D eigenvalue weighted by Gasteiger charge is -2.15. The summed E-state index contributed by atoms with van der Waals surface area (Å²) in [6, 6.07) is 4.69. The van der Waals surface area contributed by atoms with Gasteiger partial charge < -0.3 is 10.4 Å². The monoisotopic (exact) mass is 302 g/mol. The molecule has 0 amide bonds. The maximum atomic E-state index is 9.24. The standard InChI is InChI=1S/C11H15BrN2OS/c12-10-2-1-5-13-11(10)16-7-9(6-15)14-8-3-4-8/h1-2,5,8-9,14-15H,3-4,6-7H2. The third-order valence-electron chi connectivity index (χ3n) is 2.42. The predicted molar refractivity (Wildman–Crippen MR) is 69.7 cm³/mol. The second-order valence-corrected chi connectivity index (χ2v) is 5.78. The number of nitrogens with one attached hydrogen (secondary N) is 1. The van der Waals surface area contributed by atoms with E-state index in [0.29, 0.717) is 6.04 Å². The van der Waals surface area contributed by atoms with Crippen molar-refractivity contribution in [1.29, 1.82) is 0 Å². The number of rotatable bonds is 6. The zero-order chi connectivity index (χ0) is 11.4. The summed E-state index contributed by atoms with van der Waals surface area (Å²) < 4.78 is 1.02. The lowest BCUT2D eigenvalue weighted by atomic mass is 10.3. The Hall–Kier alpha value is -0.100. The Kier molecular flexibility index (Phi) is 4.64. The summed E-state index contributed by atoms with van der Waals surface area (Å²) in [4.78, 5) is 4.29. The minimum Gasteiger partial charge on any atom is -0.395 e. The first-order valence-corrected chi connectivity index (χ1v) is 7.17. The van der Waals surface area contributed by atoms with Gasteiger partial charge in [-0.25, -0.2) is 4.98 Å². The summed E-state index contributed by atoms with van der Waals surface area (Å²) >= 11 is 5.13. The highest BCUT2D eigenvalue weighted by Crippen LogP contribution is 2.26. The number of pyridine rings is 1. The third kappa shape index (κ3) is 3.73. The molecule has 0 radical (unpaired) electrons. The maximum Gasteiger partial charge on any atom is 0.110 e. The van der Waals surface area contributed by atoms with Crippen LogP contribution in [0, 0.1) is 0 Å². The first kappa shape index (κ1) is 12.4. The van der Waals surface area contributed by atoms with Gasteiger partial charge in [0.15, 0.2) is 0 Å². The summed E-state index contributed by atoms with van der Waals surface area (Å²) in [5.74, 6) is 0.850. The minimum atomic E-state index is 0.173. The molecule has 5 heteroatoms. The fourth-order valence-corrected chi connectivity index (χ4v) is 2.89. The lowest BCUT2D eigenvalue weighted by molar-refractivity contribution is 0.253. The molecule has 0 spiro atoms. The third-order valence-corrected chi connectivity index (χ3v) is 4.49. The van der Waals surface area contributed by atoms with Gasteiger partial charge in [-0.3, -0.25) is 0 Å². The van der Waals surface area contributed by atoms with Crippen LogP contribution in [0.15, 0.2) is 27.8 Å². The van der Waals surface area contributed by atoms with Gasteiger partial charge >= 0.3 is 0 Å². The Morgan fingerprint density at radius 1 is 1.62 bits per heavy atom. The average molecular weight is 303 g/mol. The molecular formula is C11H15BrN2OS. The molecule has 3 nitrogen and oxygen atoms in total. The van der Waals surface area contributed by atoms with Gasteiger partial charge in [-0.1, -0.05) is 0 Å². The van der Waals surface area contributed by atoms with Crippen LogP contribution in [-0.2, 0) is 0 Å². The van der Waals surface area contributed by atoms with Crippen LogP contribution in [0.5, 0.6) is 0 Å². The van der Waals surface area contributed by atoms with Crippen LogP contribution in [0.3, 0.4) is 0 Å². The molecule has 16 heavy (non-hydrogen) atoms. The molecule has 1 saturated carbocycles. The van der Waals surface area contributed by atoms with Crippen molar-refractivity contribution in [3.8, 4) is 0 Å². The topological polar surface area (TPSA) is 45.2 Å². The number of aliphatic hydroxyl groups is 1. The van der Waals surface area contributed by atoms with Crippen molar-refractivity contribution in [3.63, 3.8) is 0 Å². The molecule has 1 fully saturated rings. The van der Waals surface area contributed by atoms with Crippen molar-refractivity contribution in [1.82, 2.24) is 10.3 Å². The van der Waals surface area contributed by atoms with E-state index in [1.165, 1.54) is 12.8 Å². The van der Waals surface area contributed by atoms with Crippen molar-refractivity contribution in [2.75, 3.05) is 12.4 Å². The van der Waals surface area contributed by atoms with E-state index in [4.69, 9.17) is 0 Å². The van der Waals surface area contributed by atoms with Crippen molar-refractivity contribution < 1.29 is 5.11 Å². The van der Waals surface area contributed by atoms with Crippen LogP contribution in [0.25, 0.3) is 0 Å². The van der Waals surface area contributed by atoms with Gasteiger partial charge in [0.1, 0.15) is 5.03 Å². The predicted octanol–water partition coefficient (Wildman–Crippen LogP) is 2.05. The number of hydrogen-bond acceptors (Lipinski definition) is 4. The number of aromatic nitrogens is 1. The molecule has 1 heterocycles. The molecular weight excluding hydrogens is 288 g/mol. The van der Waals surface area contributed by atoms with Crippen LogP contribution in [-0.4, -0.2) is 34.5 Å². The molecule has 1 aromatic rings. The van der Waals surface area contributed by atoms with Gasteiger partial charge in [0.2, 0.25) is 0 Å². The van der Waals surface area contributed by atoms with Gasteiger partial charge in [-0.05, 0) is 40.9 Å². The molecule has 1 atom stereocenters. The second kappa shape index (κ2) is 6.00. The SMILES string of the molecule is OCC(CSc1ncccc1Br)NC1CC1. The molecule has 0 bridgehead atoms. The van der Waals surface area contributed by atoms with Gasteiger partial charge in [-0.15, -0.1) is 11.8 Å². The molecule has 0 aliphatic heterocycles. The first-order valence-electron chi connectivity index (χ1n) is 5.40. The number of halogens is 1. The molecule has 1 aliphatic rings. The lowest BCUT2D eigenvalue weighted by Crippen LogP contribution is -2.36. The summed E-state index contributed by atoms with van der Waals surface area (Å²) in [7, 11) is 0. The van der Waals surface area contributed by atoms with E-state index >= 15 is 0 Å². The van der Waals surface area contributed by atoms with Gasteiger partial charge in [0.25, 0.3) is 0 Å². The number of hydrogen-bond donors (Lipinski definition) is 2. The Morgan fingerprint density at radius 2 is 2.44 bits per heavy atom. The zero-order valence-corrected chi connectivity index (χ0v) is 11.3. The van der Waals surface area contributed by atoms with E-state index in [-0.39, 0.29) is 12.6 Å². The fourth-order valence-electron chi connectivity index (χ4n) is 1.39. The Bertz CT molecular complexity index is 347. The number of aliphatic hydroxyl groups excluding tert-OH is 1. The van der Waals surface area contributed by atoms with Crippen LogP contribution in [0.1, 0.15) is 12.8 Å². The van der Waals surface area contributed by atoms with Gasteiger partial charge in [-0.2, -0.15) is 0 Å². The van der Waals surface area contributed by atoms with Crippen molar-refractivity contribution >= 4 is 27.7 Å². The Balaban J connectivity index is 1.82. The van der Waals surface area contributed by atoms with Crippen molar-refractivity contribution in [2.45, 2.75) is 30.0 Å². The van der Waals surface area contributed by atoms with Crippen LogP contribution in [0.4, 0.5) is 0 Å². The molecule has 0 aromatic carbocycles. The largest absolute Gasteiger partial charge is 0.395 e. The molecule has 2 N–H and O–H groups in total. The van der Waals surface area contributed by atoms with Crippen LogP contribution < -0.4 is 5.32 Å². The average Bonchev–Trinajstić information content (AvgIpc) is 3.10. The quantitative estimate of drug-likeness (QED) is 0.790. The van der Waals surface area contributed by atoms with E-state index in [2.05, 4.69) is 26.2 Å². The van der Waals surface area contributed by atoms with Gasteiger partial charge in [0, 0.05) is 28.5 Å². The van der Waals surface area contributed by atoms with Gasteiger partial charge in [0.05, 0.1) is 6.61 Å². The van der Waals surface area contributed by atoms with E-state index in [0.717, 1.165) is 15.3 Å². The van der Waals surface area contributed by atoms with E-state index in [9.17, 15) is 5.11 Å². The Morgan fingerprint density at radius 3 is 3.06 bits per heavy atom. The van der Waals surface area contributed by atoms with E-state index in [1.807, 2.05) is 12.1 Å². The minimum absolute atomic E-state index is 0.173. The second-order valence-electron chi connectivity index (χ2n) is 3.92. The summed E-state index contributed by atoms with van der Waals surface area (Å²) in [5, 5.41) is 13.6. The maximum absolute atomic E-state index is 9.24.